The number of carboxylic acids is 2. The molecule has 0 aromatic carbocycles. The standard InChI is InChI=1S/C11H16O4/c12-10(13)7-9(11(14)15)8-5-3-1-2-4-6-8/h7-8H,1-6H2,(H,12,13)(H,14,15)/b9-7-. The van der Waals surface area contributed by atoms with Crippen LogP contribution in [0.4, 0.5) is 0 Å². The van der Waals surface area contributed by atoms with Gasteiger partial charge in [-0.3, -0.25) is 0 Å². The molecule has 0 amide bonds. The molecule has 1 saturated carbocycles. The zero-order chi connectivity index (χ0) is 11.3. The van der Waals surface area contributed by atoms with Gasteiger partial charge in [0.05, 0.1) is 0 Å². The topological polar surface area (TPSA) is 74.6 Å². The summed E-state index contributed by atoms with van der Waals surface area (Å²) >= 11 is 0. The molecular formula is C11H16O4. The van der Waals surface area contributed by atoms with Gasteiger partial charge < -0.3 is 10.2 Å². The molecule has 4 nitrogen and oxygen atoms in total. The lowest BCUT2D eigenvalue weighted by molar-refractivity contribution is -0.135. The molecule has 0 aromatic heterocycles. The van der Waals surface area contributed by atoms with Crippen LogP contribution in [0.15, 0.2) is 11.6 Å². The fourth-order valence-electron chi connectivity index (χ4n) is 2.08. The van der Waals surface area contributed by atoms with E-state index in [0.717, 1.165) is 44.6 Å². The van der Waals surface area contributed by atoms with Crippen molar-refractivity contribution in [3.05, 3.63) is 11.6 Å². The minimum Gasteiger partial charge on any atom is -0.478 e. The largest absolute Gasteiger partial charge is 0.478 e. The van der Waals surface area contributed by atoms with E-state index in [-0.39, 0.29) is 11.5 Å². The average Bonchev–Trinajstić information content (AvgIpc) is 2.41. The molecule has 15 heavy (non-hydrogen) atoms. The van der Waals surface area contributed by atoms with Crippen molar-refractivity contribution in [1.82, 2.24) is 0 Å². The van der Waals surface area contributed by atoms with Gasteiger partial charge in [0, 0.05) is 11.6 Å². The maximum absolute atomic E-state index is 10.9. The third kappa shape index (κ3) is 3.73. The lowest BCUT2D eigenvalue weighted by Crippen LogP contribution is -2.14. The lowest BCUT2D eigenvalue weighted by Gasteiger charge is -2.13. The van der Waals surface area contributed by atoms with Gasteiger partial charge in [0.1, 0.15) is 0 Å². The Morgan fingerprint density at radius 2 is 1.53 bits per heavy atom. The van der Waals surface area contributed by atoms with E-state index in [1.165, 1.54) is 0 Å². The summed E-state index contributed by atoms with van der Waals surface area (Å²) < 4.78 is 0. The maximum atomic E-state index is 10.9. The van der Waals surface area contributed by atoms with Crippen LogP contribution in [-0.2, 0) is 9.59 Å². The summed E-state index contributed by atoms with van der Waals surface area (Å²) in [5.41, 5.74) is 0.0596. The van der Waals surface area contributed by atoms with Gasteiger partial charge in [0.15, 0.2) is 0 Å². The van der Waals surface area contributed by atoms with E-state index in [9.17, 15) is 9.59 Å². The molecule has 0 aliphatic heterocycles. The predicted molar refractivity (Wildman–Crippen MR) is 54.5 cm³/mol. The van der Waals surface area contributed by atoms with E-state index in [1.54, 1.807) is 0 Å². The second-order valence-corrected chi connectivity index (χ2v) is 3.93. The highest BCUT2D eigenvalue weighted by molar-refractivity contribution is 5.95. The fraction of sp³-hybridized carbons (Fsp3) is 0.636. The highest BCUT2D eigenvalue weighted by atomic mass is 16.4. The molecule has 0 spiro atoms. The number of rotatable bonds is 3. The van der Waals surface area contributed by atoms with Gasteiger partial charge >= 0.3 is 11.9 Å². The summed E-state index contributed by atoms with van der Waals surface area (Å²) in [5, 5.41) is 17.5. The van der Waals surface area contributed by atoms with E-state index in [4.69, 9.17) is 10.2 Å². The normalized spacial score (nSPS) is 19.6. The van der Waals surface area contributed by atoms with Crippen molar-refractivity contribution in [1.29, 1.82) is 0 Å². The Morgan fingerprint density at radius 1 is 1.00 bits per heavy atom. The van der Waals surface area contributed by atoms with Gasteiger partial charge in [0.25, 0.3) is 0 Å². The predicted octanol–water partition coefficient (Wildman–Crippen LogP) is 2.05. The molecule has 4 heteroatoms. The number of carbonyl (C=O) groups is 2. The van der Waals surface area contributed by atoms with Crippen LogP contribution < -0.4 is 0 Å². The van der Waals surface area contributed by atoms with Crippen molar-refractivity contribution in [2.24, 2.45) is 5.92 Å². The summed E-state index contributed by atoms with van der Waals surface area (Å²) in [5.74, 6) is -2.35. The Kier molecular flexibility index (Phi) is 4.34. The Morgan fingerprint density at radius 3 is 1.93 bits per heavy atom. The summed E-state index contributed by atoms with van der Waals surface area (Å²) in [4.78, 5) is 21.4. The number of hydrogen-bond acceptors (Lipinski definition) is 2. The molecule has 1 fully saturated rings. The van der Waals surface area contributed by atoms with E-state index < -0.39 is 11.9 Å². The molecule has 1 aliphatic rings. The van der Waals surface area contributed by atoms with Crippen LogP contribution in [0.2, 0.25) is 0 Å². The van der Waals surface area contributed by atoms with Gasteiger partial charge in [-0.15, -0.1) is 0 Å². The van der Waals surface area contributed by atoms with Crippen LogP contribution in [0.25, 0.3) is 0 Å². The molecule has 1 rings (SSSR count). The molecule has 2 N–H and O–H groups in total. The average molecular weight is 212 g/mol. The third-order valence-corrected chi connectivity index (χ3v) is 2.82. The van der Waals surface area contributed by atoms with Crippen LogP contribution in [0, 0.1) is 5.92 Å². The quantitative estimate of drug-likeness (QED) is 0.554. The van der Waals surface area contributed by atoms with Crippen molar-refractivity contribution < 1.29 is 19.8 Å². The van der Waals surface area contributed by atoms with Gasteiger partial charge in [-0.2, -0.15) is 0 Å². The molecule has 84 valence electrons. The van der Waals surface area contributed by atoms with Crippen molar-refractivity contribution in [2.75, 3.05) is 0 Å². The van der Waals surface area contributed by atoms with Crippen LogP contribution in [0.1, 0.15) is 38.5 Å². The molecule has 0 saturated heterocycles. The van der Waals surface area contributed by atoms with Crippen LogP contribution in [-0.4, -0.2) is 22.2 Å². The van der Waals surface area contributed by atoms with Gasteiger partial charge in [-0.25, -0.2) is 9.59 Å². The number of aliphatic carboxylic acids is 2. The summed E-state index contributed by atoms with van der Waals surface area (Å²) in [6.45, 7) is 0. The third-order valence-electron chi connectivity index (χ3n) is 2.82. The van der Waals surface area contributed by atoms with E-state index in [1.807, 2.05) is 0 Å². The minimum absolute atomic E-state index is 0.0596. The second-order valence-electron chi connectivity index (χ2n) is 3.93. The van der Waals surface area contributed by atoms with Gasteiger partial charge in [-0.1, -0.05) is 25.7 Å². The van der Waals surface area contributed by atoms with Crippen molar-refractivity contribution >= 4 is 11.9 Å². The Hall–Kier alpha value is -1.32. The molecular weight excluding hydrogens is 196 g/mol. The van der Waals surface area contributed by atoms with E-state index in [2.05, 4.69) is 0 Å². The number of hydrogen-bond donors (Lipinski definition) is 2. The Bertz CT molecular complexity index is 272. The molecule has 0 aromatic rings. The first kappa shape index (κ1) is 11.8. The molecule has 0 radical (unpaired) electrons. The molecule has 0 heterocycles. The first-order valence-electron chi connectivity index (χ1n) is 5.29. The zero-order valence-corrected chi connectivity index (χ0v) is 8.61. The van der Waals surface area contributed by atoms with Crippen molar-refractivity contribution in [2.45, 2.75) is 38.5 Å². The van der Waals surface area contributed by atoms with E-state index in [0.29, 0.717) is 0 Å². The number of carboxylic acid groups (broad SMARTS) is 2. The van der Waals surface area contributed by atoms with Crippen molar-refractivity contribution in [3.63, 3.8) is 0 Å². The molecule has 0 unspecified atom stereocenters. The molecule has 1 aliphatic carbocycles. The summed E-state index contributed by atoms with van der Waals surface area (Å²) in [6, 6.07) is 0. The summed E-state index contributed by atoms with van der Waals surface area (Å²) in [7, 11) is 0. The summed E-state index contributed by atoms with van der Waals surface area (Å²) in [6.07, 6.45) is 6.67. The fourth-order valence-corrected chi connectivity index (χ4v) is 2.08. The monoisotopic (exact) mass is 212 g/mol. The highest BCUT2D eigenvalue weighted by Crippen LogP contribution is 2.28. The van der Waals surface area contributed by atoms with E-state index >= 15 is 0 Å². The maximum Gasteiger partial charge on any atom is 0.332 e. The second kappa shape index (κ2) is 5.53. The molecule has 0 bridgehead atoms. The first-order chi connectivity index (χ1) is 7.11. The smallest absolute Gasteiger partial charge is 0.332 e. The SMILES string of the molecule is O=C(O)/C=C(\C(=O)O)C1CCCCCC1. The lowest BCUT2D eigenvalue weighted by atomic mass is 9.91. The zero-order valence-electron chi connectivity index (χ0n) is 8.61. The van der Waals surface area contributed by atoms with Crippen molar-refractivity contribution in [3.8, 4) is 0 Å². The first-order valence-corrected chi connectivity index (χ1v) is 5.29. The van der Waals surface area contributed by atoms with Crippen LogP contribution >= 0.6 is 0 Å². The Balaban J connectivity index is 2.78. The highest BCUT2D eigenvalue weighted by Gasteiger charge is 2.22. The molecule has 0 atom stereocenters. The van der Waals surface area contributed by atoms with Crippen LogP contribution in [0.3, 0.4) is 0 Å². The van der Waals surface area contributed by atoms with Gasteiger partial charge in [-0.05, 0) is 18.8 Å². The van der Waals surface area contributed by atoms with Crippen LogP contribution in [0.5, 0.6) is 0 Å². The van der Waals surface area contributed by atoms with Gasteiger partial charge in [0.2, 0.25) is 0 Å². The minimum atomic E-state index is -1.17. The Labute approximate surface area is 88.6 Å².